The van der Waals surface area contributed by atoms with E-state index in [1.807, 2.05) is 33.8 Å². The molecule has 0 saturated carbocycles. The van der Waals surface area contributed by atoms with Gasteiger partial charge in [-0.15, -0.1) is 0 Å². The number of hydrogen-bond acceptors (Lipinski definition) is 5. The molecule has 5 nitrogen and oxygen atoms in total. The Morgan fingerprint density at radius 1 is 1.32 bits per heavy atom. The van der Waals surface area contributed by atoms with Crippen LogP contribution in [0.4, 0.5) is 0 Å². The molecule has 0 radical (unpaired) electrons. The fourth-order valence-corrected chi connectivity index (χ4v) is 1.86. The highest BCUT2D eigenvalue weighted by Crippen LogP contribution is 2.36. The van der Waals surface area contributed by atoms with Gasteiger partial charge in [0.05, 0.1) is 17.8 Å². The molecule has 2 rings (SSSR count). The van der Waals surface area contributed by atoms with Crippen molar-refractivity contribution in [1.29, 1.82) is 5.26 Å². The second-order valence-corrected chi connectivity index (χ2v) is 5.64. The van der Waals surface area contributed by atoms with Gasteiger partial charge in [-0.05, 0) is 33.3 Å². The van der Waals surface area contributed by atoms with Crippen molar-refractivity contribution < 1.29 is 14.4 Å². The van der Waals surface area contributed by atoms with E-state index in [1.165, 1.54) is 6.20 Å². The summed E-state index contributed by atoms with van der Waals surface area (Å²) in [4.78, 5) is 4.03. The van der Waals surface area contributed by atoms with Crippen molar-refractivity contribution in [2.75, 3.05) is 0 Å². The maximum atomic E-state index is 9.17. The van der Waals surface area contributed by atoms with E-state index >= 15 is 0 Å². The molecule has 1 aliphatic rings. The lowest BCUT2D eigenvalue weighted by atomic mass is 9.77. The van der Waals surface area contributed by atoms with Crippen molar-refractivity contribution in [2.45, 2.75) is 45.5 Å². The predicted octanol–water partition coefficient (Wildman–Crippen LogP) is 0.745. The summed E-state index contributed by atoms with van der Waals surface area (Å²) in [6.07, 6.45) is 1.48. The van der Waals surface area contributed by atoms with E-state index in [1.54, 1.807) is 6.07 Å². The van der Waals surface area contributed by atoms with Crippen LogP contribution < -0.4 is 5.46 Å². The Balaban J connectivity index is 2.41. The van der Waals surface area contributed by atoms with Crippen LogP contribution in [0.1, 0.15) is 39.0 Å². The van der Waals surface area contributed by atoms with Gasteiger partial charge in [0.2, 0.25) is 0 Å². The van der Waals surface area contributed by atoms with Crippen molar-refractivity contribution in [3.63, 3.8) is 0 Å². The van der Waals surface area contributed by atoms with Crippen LogP contribution in [0.15, 0.2) is 12.3 Å². The van der Waals surface area contributed by atoms with Gasteiger partial charge in [-0.3, -0.25) is 0 Å². The average Bonchev–Trinajstić information content (AvgIpc) is 2.57. The molecule has 1 aromatic heterocycles. The van der Waals surface area contributed by atoms with Crippen LogP contribution in [0, 0.1) is 11.3 Å². The Morgan fingerprint density at radius 3 is 2.37 bits per heavy atom. The van der Waals surface area contributed by atoms with Crippen LogP contribution in [0.2, 0.25) is 0 Å². The van der Waals surface area contributed by atoms with E-state index in [-0.39, 0.29) is 12.3 Å². The van der Waals surface area contributed by atoms with Crippen LogP contribution in [-0.2, 0) is 15.9 Å². The molecule has 1 aliphatic heterocycles. The molecule has 0 amide bonds. The lowest BCUT2D eigenvalue weighted by Gasteiger charge is -2.32. The quantitative estimate of drug-likeness (QED) is 0.794. The molecule has 0 bridgehead atoms. The van der Waals surface area contributed by atoms with Crippen molar-refractivity contribution in [1.82, 2.24) is 4.98 Å². The van der Waals surface area contributed by atoms with Crippen LogP contribution in [-0.4, -0.2) is 28.4 Å². The summed E-state index contributed by atoms with van der Waals surface area (Å²) in [5.74, 6) is 0. The van der Waals surface area contributed by atoms with Gasteiger partial charge < -0.3 is 14.4 Å². The van der Waals surface area contributed by atoms with Crippen molar-refractivity contribution in [2.24, 2.45) is 0 Å². The normalized spacial score (nSPS) is 20.3. The standard InChI is InChI=1S/C13H17BN2O3/c1-12(2)13(3,4)19-14(18-12)10-5-9(8-17)7-16-11(10)6-15/h5,7,17H,8H2,1-4H3. The average molecular weight is 260 g/mol. The van der Waals surface area contributed by atoms with E-state index in [0.29, 0.717) is 11.0 Å². The van der Waals surface area contributed by atoms with Crippen LogP contribution in [0.25, 0.3) is 0 Å². The monoisotopic (exact) mass is 260 g/mol. The van der Waals surface area contributed by atoms with E-state index in [0.717, 1.165) is 0 Å². The minimum Gasteiger partial charge on any atom is -0.399 e. The molecular formula is C13H17BN2O3. The third-order valence-electron chi connectivity index (χ3n) is 3.77. The maximum absolute atomic E-state index is 9.17. The fourth-order valence-electron chi connectivity index (χ4n) is 1.86. The fraction of sp³-hybridized carbons (Fsp3) is 0.538. The highest BCUT2D eigenvalue weighted by Gasteiger charge is 2.52. The minimum absolute atomic E-state index is 0.134. The highest BCUT2D eigenvalue weighted by atomic mass is 16.7. The molecular weight excluding hydrogens is 243 g/mol. The summed E-state index contributed by atoms with van der Waals surface area (Å²) in [7, 11) is -0.640. The summed E-state index contributed by atoms with van der Waals surface area (Å²) in [5, 5.41) is 18.3. The van der Waals surface area contributed by atoms with Gasteiger partial charge in [0, 0.05) is 11.7 Å². The summed E-state index contributed by atoms with van der Waals surface area (Å²) < 4.78 is 11.8. The molecule has 1 N–H and O–H groups in total. The van der Waals surface area contributed by atoms with Crippen molar-refractivity contribution in [3.8, 4) is 6.07 Å². The number of aliphatic hydroxyl groups excluding tert-OH is 1. The van der Waals surface area contributed by atoms with Gasteiger partial charge >= 0.3 is 7.12 Å². The zero-order valence-electron chi connectivity index (χ0n) is 11.6. The zero-order chi connectivity index (χ0) is 14.3. The third kappa shape index (κ3) is 2.37. The number of hydrogen-bond donors (Lipinski definition) is 1. The first-order chi connectivity index (χ1) is 8.80. The second-order valence-electron chi connectivity index (χ2n) is 5.64. The summed E-state index contributed by atoms with van der Waals surface area (Å²) in [5.41, 5.74) is 0.506. The molecule has 100 valence electrons. The molecule has 0 aromatic carbocycles. The van der Waals surface area contributed by atoms with Crippen LogP contribution in [0.3, 0.4) is 0 Å². The topological polar surface area (TPSA) is 75.4 Å². The molecule has 0 spiro atoms. The number of nitriles is 1. The molecule has 19 heavy (non-hydrogen) atoms. The van der Waals surface area contributed by atoms with E-state index < -0.39 is 18.3 Å². The number of aromatic nitrogens is 1. The highest BCUT2D eigenvalue weighted by molar-refractivity contribution is 6.62. The largest absolute Gasteiger partial charge is 0.497 e. The van der Waals surface area contributed by atoms with Crippen molar-refractivity contribution in [3.05, 3.63) is 23.5 Å². The Morgan fingerprint density at radius 2 is 1.89 bits per heavy atom. The smallest absolute Gasteiger partial charge is 0.399 e. The number of aliphatic hydroxyl groups is 1. The van der Waals surface area contributed by atoms with Crippen LogP contribution >= 0.6 is 0 Å². The first-order valence-electron chi connectivity index (χ1n) is 6.16. The first kappa shape index (κ1) is 14.0. The Bertz CT molecular complexity index is 521. The zero-order valence-corrected chi connectivity index (χ0v) is 11.6. The van der Waals surface area contributed by atoms with Gasteiger partial charge in [0.1, 0.15) is 11.8 Å². The molecule has 1 saturated heterocycles. The summed E-state index contributed by atoms with van der Waals surface area (Å²) >= 11 is 0. The van der Waals surface area contributed by atoms with Gasteiger partial charge in [-0.25, -0.2) is 4.98 Å². The number of pyridine rings is 1. The van der Waals surface area contributed by atoms with E-state index in [4.69, 9.17) is 19.7 Å². The van der Waals surface area contributed by atoms with E-state index in [9.17, 15) is 0 Å². The van der Waals surface area contributed by atoms with Crippen LogP contribution in [0.5, 0.6) is 0 Å². The molecule has 6 heteroatoms. The number of rotatable bonds is 2. The predicted molar refractivity (Wildman–Crippen MR) is 70.6 cm³/mol. The lowest BCUT2D eigenvalue weighted by molar-refractivity contribution is 0.00578. The van der Waals surface area contributed by atoms with Gasteiger partial charge in [0.25, 0.3) is 0 Å². The van der Waals surface area contributed by atoms with Gasteiger partial charge in [0.15, 0.2) is 0 Å². The molecule has 1 fully saturated rings. The maximum Gasteiger partial charge on any atom is 0.497 e. The SMILES string of the molecule is CC1(C)OB(c2cc(CO)cnc2C#N)OC1(C)C. The summed E-state index contributed by atoms with van der Waals surface area (Å²) in [6, 6.07) is 3.73. The Hall–Kier alpha value is -1.42. The summed E-state index contributed by atoms with van der Waals surface area (Å²) in [6.45, 7) is 7.65. The Kier molecular flexibility index (Phi) is 3.39. The number of nitrogens with zero attached hydrogens (tertiary/aromatic N) is 2. The third-order valence-corrected chi connectivity index (χ3v) is 3.77. The molecule has 0 unspecified atom stereocenters. The molecule has 0 aliphatic carbocycles. The Labute approximate surface area is 113 Å². The minimum atomic E-state index is -0.640. The van der Waals surface area contributed by atoms with Gasteiger partial charge in [-0.2, -0.15) is 5.26 Å². The second kappa shape index (κ2) is 4.60. The first-order valence-corrected chi connectivity index (χ1v) is 6.16. The molecule has 1 aromatic rings. The van der Waals surface area contributed by atoms with Gasteiger partial charge in [-0.1, -0.05) is 6.07 Å². The molecule has 2 heterocycles. The molecule has 0 atom stereocenters. The van der Waals surface area contributed by atoms with Crippen molar-refractivity contribution >= 4 is 12.6 Å². The lowest BCUT2D eigenvalue weighted by Crippen LogP contribution is -2.41. The van der Waals surface area contributed by atoms with E-state index in [2.05, 4.69) is 4.98 Å².